The topological polar surface area (TPSA) is 64.3 Å². The van der Waals surface area contributed by atoms with Gasteiger partial charge in [-0.15, -0.1) is 0 Å². The van der Waals surface area contributed by atoms with Gasteiger partial charge < -0.3 is 15.8 Å². The van der Waals surface area contributed by atoms with Crippen molar-refractivity contribution in [1.82, 2.24) is 5.32 Å². The van der Waals surface area contributed by atoms with Crippen molar-refractivity contribution in [3.8, 4) is 0 Å². The highest BCUT2D eigenvalue weighted by molar-refractivity contribution is 5.83. The first-order valence-corrected chi connectivity index (χ1v) is 6.91. The summed E-state index contributed by atoms with van der Waals surface area (Å²) in [6.45, 7) is 3.44. The second kappa shape index (κ2) is 6.57. The van der Waals surface area contributed by atoms with E-state index < -0.39 is 0 Å². The highest BCUT2D eigenvalue weighted by Crippen LogP contribution is 2.18. The van der Waals surface area contributed by atoms with Crippen molar-refractivity contribution >= 4 is 11.6 Å². The van der Waals surface area contributed by atoms with Gasteiger partial charge in [-0.1, -0.05) is 12.1 Å². The number of anilines is 1. The lowest BCUT2D eigenvalue weighted by Gasteiger charge is -2.14. The van der Waals surface area contributed by atoms with Gasteiger partial charge >= 0.3 is 0 Å². The molecule has 0 aromatic heterocycles. The summed E-state index contributed by atoms with van der Waals surface area (Å²) in [7, 11) is 0. The predicted octanol–water partition coefficient (Wildman–Crippen LogP) is 2.06. The van der Waals surface area contributed by atoms with Crippen LogP contribution in [0, 0.1) is 0 Å². The Morgan fingerprint density at radius 1 is 1.58 bits per heavy atom. The van der Waals surface area contributed by atoms with Gasteiger partial charge in [0.25, 0.3) is 0 Å². The Hall–Kier alpha value is -1.55. The number of hydrogen-bond acceptors (Lipinski definition) is 3. The van der Waals surface area contributed by atoms with Gasteiger partial charge in [-0.2, -0.15) is 0 Å². The van der Waals surface area contributed by atoms with Crippen molar-refractivity contribution in [2.45, 2.75) is 38.2 Å². The number of nitrogen functional groups attached to an aromatic ring is 1. The molecule has 2 atom stereocenters. The molecule has 2 unspecified atom stereocenters. The van der Waals surface area contributed by atoms with E-state index in [1.165, 1.54) is 0 Å². The zero-order valence-electron chi connectivity index (χ0n) is 11.4. The van der Waals surface area contributed by atoms with Gasteiger partial charge in [0, 0.05) is 18.8 Å². The second-order valence-corrected chi connectivity index (χ2v) is 5.11. The molecule has 1 heterocycles. The van der Waals surface area contributed by atoms with Gasteiger partial charge in [0.15, 0.2) is 0 Å². The van der Waals surface area contributed by atoms with E-state index in [9.17, 15) is 4.79 Å². The summed E-state index contributed by atoms with van der Waals surface area (Å²) in [6, 6.07) is 7.48. The molecular weight excluding hydrogens is 240 g/mol. The summed E-state index contributed by atoms with van der Waals surface area (Å²) in [5.41, 5.74) is 7.38. The summed E-state index contributed by atoms with van der Waals surface area (Å²) >= 11 is 0. The molecule has 0 radical (unpaired) electrons. The molecular formula is C15H22N2O2. The number of carbonyl (C=O) groups is 1. The molecule has 3 N–H and O–H groups in total. The second-order valence-electron chi connectivity index (χ2n) is 5.11. The quantitative estimate of drug-likeness (QED) is 0.798. The van der Waals surface area contributed by atoms with Crippen LogP contribution in [0.2, 0.25) is 0 Å². The van der Waals surface area contributed by atoms with Crippen molar-refractivity contribution in [1.29, 1.82) is 0 Å². The highest BCUT2D eigenvalue weighted by Gasteiger charge is 2.18. The molecule has 0 aliphatic carbocycles. The lowest BCUT2D eigenvalue weighted by atomic mass is 10.00. The largest absolute Gasteiger partial charge is 0.399 e. The molecule has 1 aliphatic heterocycles. The van der Waals surface area contributed by atoms with Crippen LogP contribution in [0.3, 0.4) is 0 Å². The van der Waals surface area contributed by atoms with Crippen LogP contribution >= 0.6 is 0 Å². The van der Waals surface area contributed by atoms with Crippen molar-refractivity contribution in [3.63, 3.8) is 0 Å². The number of carbonyl (C=O) groups excluding carboxylic acids is 1. The number of rotatable bonds is 5. The molecule has 1 aliphatic rings. The van der Waals surface area contributed by atoms with Gasteiger partial charge in [-0.05, 0) is 43.9 Å². The van der Waals surface area contributed by atoms with Crippen LogP contribution in [-0.4, -0.2) is 25.2 Å². The Morgan fingerprint density at radius 3 is 3.11 bits per heavy atom. The molecule has 1 aromatic rings. The molecule has 1 aromatic carbocycles. The van der Waals surface area contributed by atoms with Gasteiger partial charge in [-0.3, -0.25) is 4.79 Å². The average Bonchev–Trinajstić information content (AvgIpc) is 2.91. The third-order valence-corrected chi connectivity index (χ3v) is 3.59. The van der Waals surface area contributed by atoms with Crippen LogP contribution in [-0.2, 0) is 9.53 Å². The van der Waals surface area contributed by atoms with Crippen molar-refractivity contribution in [3.05, 3.63) is 29.8 Å². The smallest absolute Gasteiger partial charge is 0.227 e. The Balaban J connectivity index is 1.78. The van der Waals surface area contributed by atoms with Crippen molar-refractivity contribution in [2.75, 3.05) is 18.9 Å². The minimum atomic E-state index is -0.173. The SMILES string of the molecule is CC(C(=O)NCCC1CCCO1)c1cccc(N)c1. The molecule has 4 heteroatoms. The zero-order valence-corrected chi connectivity index (χ0v) is 11.4. The number of nitrogens with one attached hydrogen (secondary N) is 1. The zero-order chi connectivity index (χ0) is 13.7. The maximum absolute atomic E-state index is 12.0. The fraction of sp³-hybridized carbons (Fsp3) is 0.533. The fourth-order valence-electron chi connectivity index (χ4n) is 2.36. The monoisotopic (exact) mass is 262 g/mol. The maximum Gasteiger partial charge on any atom is 0.227 e. The number of nitrogens with two attached hydrogens (primary N) is 1. The van der Waals surface area contributed by atoms with Crippen molar-refractivity contribution in [2.24, 2.45) is 0 Å². The lowest BCUT2D eigenvalue weighted by Crippen LogP contribution is -2.30. The van der Waals surface area contributed by atoms with Gasteiger partial charge in [0.1, 0.15) is 0 Å². The van der Waals surface area contributed by atoms with E-state index in [4.69, 9.17) is 10.5 Å². The Kier molecular flexibility index (Phi) is 4.80. The lowest BCUT2D eigenvalue weighted by molar-refractivity contribution is -0.122. The first kappa shape index (κ1) is 13.9. The van der Waals surface area contributed by atoms with E-state index in [0.717, 1.165) is 31.4 Å². The average molecular weight is 262 g/mol. The minimum absolute atomic E-state index is 0.0450. The molecule has 0 saturated carbocycles. The number of hydrogen-bond donors (Lipinski definition) is 2. The Labute approximate surface area is 114 Å². The molecule has 4 nitrogen and oxygen atoms in total. The van der Waals surface area contributed by atoms with E-state index in [2.05, 4.69) is 5.32 Å². The van der Waals surface area contributed by atoms with Crippen LogP contribution in [0.5, 0.6) is 0 Å². The van der Waals surface area contributed by atoms with Gasteiger partial charge in [-0.25, -0.2) is 0 Å². The van der Waals surface area contributed by atoms with Crippen LogP contribution in [0.1, 0.15) is 37.7 Å². The Morgan fingerprint density at radius 2 is 2.42 bits per heavy atom. The normalized spacial score (nSPS) is 20.2. The molecule has 1 fully saturated rings. The number of benzene rings is 1. The number of ether oxygens (including phenoxy) is 1. The van der Waals surface area contributed by atoms with Crippen molar-refractivity contribution < 1.29 is 9.53 Å². The molecule has 104 valence electrons. The number of amides is 1. The Bertz CT molecular complexity index is 428. The molecule has 0 spiro atoms. The standard InChI is InChI=1S/C15H22N2O2/c1-11(12-4-2-5-13(16)10-12)15(18)17-8-7-14-6-3-9-19-14/h2,4-5,10-11,14H,3,6-9,16H2,1H3,(H,17,18). The predicted molar refractivity (Wildman–Crippen MR) is 75.9 cm³/mol. The van der Waals surface area contributed by atoms with E-state index >= 15 is 0 Å². The van der Waals surface area contributed by atoms with E-state index in [0.29, 0.717) is 18.3 Å². The van der Waals surface area contributed by atoms with Crippen LogP contribution in [0.25, 0.3) is 0 Å². The molecule has 1 amide bonds. The van der Waals surface area contributed by atoms with Crippen LogP contribution < -0.4 is 11.1 Å². The first-order chi connectivity index (χ1) is 9.16. The summed E-state index contributed by atoms with van der Waals surface area (Å²) < 4.78 is 5.53. The fourth-order valence-corrected chi connectivity index (χ4v) is 2.36. The minimum Gasteiger partial charge on any atom is -0.399 e. The summed E-state index contributed by atoms with van der Waals surface area (Å²) in [6.07, 6.45) is 3.47. The third-order valence-electron chi connectivity index (χ3n) is 3.59. The van der Waals surface area contributed by atoms with E-state index in [-0.39, 0.29) is 11.8 Å². The summed E-state index contributed by atoms with van der Waals surface area (Å²) in [4.78, 5) is 12.0. The highest BCUT2D eigenvalue weighted by atomic mass is 16.5. The van der Waals surface area contributed by atoms with Crippen LogP contribution in [0.4, 0.5) is 5.69 Å². The molecule has 1 saturated heterocycles. The molecule has 0 bridgehead atoms. The first-order valence-electron chi connectivity index (χ1n) is 6.91. The van der Waals surface area contributed by atoms with Gasteiger partial charge in [0.05, 0.1) is 12.0 Å². The maximum atomic E-state index is 12.0. The van der Waals surface area contributed by atoms with E-state index in [1.807, 2.05) is 31.2 Å². The third kappa shape index (κ3) is 3.96. The van der Waals surface area contributed by atoms with Crippen LogP contribution in [0.15, 0.2) is 24.3 Å². The summed E-state index contributed by atoms with van der Waals surface area (Å²) in [5.74, 6) is -0.128. The molecule has 2 rings (SSSR count). The van der Waals surface area contributed by atoms with Gasteiger partial charge in [0.2, 0.25) is 5.91 Å². The van der Waals surface area contributed by atoms with E-state index in [1.54, 1.807) is 0 Å². The molecule has 19 heavy (non-hydrogen) atoms. The summed E-state index contributed by atoms with van der Waals surface area (Å²) in [5, 5.41) is 2.97.